The van der Waals surface area contributed by atoms with E-state index in [-0.39, 0.29) is 12.2 Å². The van der Waals surface area contributed by atoms with Crippen molar-refractivity contribution in [3.8, 4) is 11.8 Å². The molecular formula is C8H8N2O2. The van der Waals surface area contributed by atoms with Crippen molar-refractivity contribution in [1.29, 1.82) is 5.26 Å². The average molecular weight is 164 g/mol. The largest absolute Gasteiger partial charge is 0.503 e. The van der Waals surface area contributed by atoms with Crippen molar-refractivity contribution in [3.05, 3.63) is 28.7 Å². The minimum atomic E-state index is -0.451. The first-order valence-electron chi connectivity index (χ1n) is 3.51. The summed E-state index contributed by atoms with van der Waals surface area (Å²) < 4.78 is 1.30. The van der Waals surface area contributed by atoms with Crippen LogP contribution in [-0.4, -0.2) is 9.67 Å². The molecule has 1 heterocycles. The van der Waals surface area contributed by atoms with Crippen LogP contribution < -0.4 is 5.56 Å². The lowest BCUT2D eigenvalue weighted by atomic mass is 10.4. The summed E-state index contributed by atoms with van der Waals surface area (Å²) in [5, 5.41) is 17.2. The van der Waals surface area contributed by atoms with Crippen molar-refractivity contribution in [1.82, 2.24) is 4.57 Å². The van der Waals surface area contributed by atoms with Gasteiger partial charge in [0.25, 0.3) is 5.56 Å². The summed E-state index contributed by atoms with van der Waals surface area (Å²) >= 11 is 0. The first-order valence-corrected chi connectivity index (χ1v) is 3.51. The maximum atomic E-state index is 11.1. The Hall–Kier alpha value is -1.76. The van der Waals surface area contributed by atoms with Gasteiger partial charge in [-0.3, -0.25) is 4.79 Å². The monoisotopic (exact) mass is 164 g/mol. The van der Waals surface area contributed by atoms with Crippen LogP contribution in [0.3, 0.4) is 0 Å². The minimum Gasteiger partial charge on any atom is -0.503 e. The van der Waals surface area contributed by atoms with Gasteiger partial charge in [0, 0.05) is 12.7 Å². The van der Waals surface area contributed by atoms with Crippen molar-refractivity contribution in [3.63, 3.8) is 0 Å². The fourth-order valence-electron chi connectivity index (χ4n) is 0.871. The number of aromatic hydroxyl groups is 1. The summed E-state index contributed by atoms with van der Waals surface area (Å²) in [5.41, 5.74) is -0.451. The third-order valence-electron chi connectivity index (χ3n) is 1.46. The molecule has 0 radical (unpaired) electrons. The molecule has 62 valence electrons. The van der Waals surface area contributed by atoms with Crippen LogP contribution in [0.1, 0.15) is 6.42 Å². The second kappa shape index (κ2) is 3.58. The fraction of sp³-hybridized carbons (Fsp3) is 0.250. The molecule has 0 aliphatic heterocycles. The van der Waals surface area contributed by atoms with E-state index in [1.807, 2.05) is 6.07 Å². The molecule has 0 saturated carbocycles. The molecular weight excluding hydrogens is 156 g/mol. The van der Waals surface area contributed by atoms with Gasteiger partial charge >= 0.3 is 0 Å². The molecule has 0 spiro atoms. The topological polar surface area (TPSA) is 66.0 Å². The highest BCUT2D eigenvalue weighted by atomic mass is 16.3. The molecule has 4 nitrogen and oxygen atoms in total. The Morgan fingerprint density at radius 2 is 2.42 bits per heavy atom. The lowest BCUT2D eigenvalue weighted by Crippen LogP contribution is -2.18. The van der Waals surface area contributed by atoms with Crippen molar-refractivity contribution in [2.75, 3.05) is 0 Å². The van der Waals surface area contributed by atoms with Crippen molar-refractivity contribution >= 4 is 0 Å². The Kier molecular flexibility index (Phi) is 2.49. The van der Waals surface area contributed by atoms with E-state index in [0.717, 1.165) is 0 Å². The van der Waals surface area contributed by atoms with Gasteiger partial charge in [0.05, 0.1) is 12.5 Å². The summed E-state index contributed by atoms with van der Waals surface area (Å²) in [5.74, 6) is -0.282. The van der Waals surface area contributed by atoms with E-state index in [4.69, 9.17) is 10.4 Å². The molecule has 0 amide bonds. The molecule has 0 aromatic carbocycles. The van der Waals surface area contributed by atoms with E-state index >= 15 is 0 Å². The van der Waals surface area contributed by atoms with Gasteiger partial charge in [-0.15, -0.1) is 0 Å². The SMILES string of the molecule is N#CCCn1cccc(O)c1=O. The Bertz CT molecular complexity index is 362. The standard InChI is InChI=1S/C8H8N2O2/c9-4-2-6-10-5-1-3-7(11)8(10)12/h1,3,5,11H,2,6H2. The van der Waals surface area contributed by atoms with Gasteiger partial charge in [0.1, 0.15) is 0 Å². The summed E-state index contributed by atoms with van der Waals surface area (Å²) in [6, 6.07) is 4.81. The molecule has 0 aliphatic rings. The number of hydrogen-bond donors (Lipinski definition) is 1. The van der Waals surface area contributed by atoms with Crippen molar-refractivity contribution in [2.45, 2.75) is 13.0 Å². The molecule has 0 unspecified atom stereocenters. The zero-order valence-corrected chi connectivity index (χ0v) is 6.40. The van der Waals surface area contributed by atoms with Crippen LogP contribution in [0.4, 0.5) is 0 Å². The number of rotatable bonds is 2. The van der Waals surface area contributed by atoms with E-state index in [2.05, 4.69) is 0 Å². The first-order chi connectivity index (χ1) is 5.75. The molecule has 0 aliphatic carbocycles. The van der Waals surface area contributed by atoms with Gasteiger partial charge in [-0.05, 0) is 12.1 Å². The normalized spacial score (nSPS) is 9.25. The van der Waals surface area contributed by atoms with Gasteiger partial charge < -0.3 is 9.67 Å². The van der Waals surface area contributed by atoms with Crippen LogP contribution in [0.15, 0.2) is 23.1 Å². The number of aryl methyl sites for hydroxylation is 1. The minimum absolute atomic E-state index is 0.267. The lowest BCUT2D eigenvalue weighted by molar-refractivity contribution is 0.457. The van der Waals surface area contributed by atoms with E-state index < -0.39 is 5.56 Å². The number of pyridine rings is 1. The highest BCUT2D eigenvalue weighted by molar-refractivity contribution is 5.14. The second-order valence-corrected chi connectivity index (χ2v) is 2.30. The summed E-state index contributed by atoms with van der Waals surface area (Å²) in [6.45, 7) is 0.323. The van der Waals surface area contributed by atoms with E-state index in [9.17, 15) is 4.79 Å². The predicted molar refractivity (Wildman–Crippen MR) is 42.6 cm³/mol. The van der Waals surface area contributed by atoms with Crippen LogP contribution in [-0.2, 0) is 6.54 Å². The van der Waals surface area contributed by atoms with E-state index in [1.54, 1.807) is 12.3 Å². The van der Waals surface area contributed by atoms with E-state index in [1.165, 1.54) is 10.6 Å². The smallest absolute Gasteiger partial charge is 0.292 e. The zero-order valence-electron chi connectivity index (χ0n) is 6.40. The molecule has 12 heavy (non-hydrogen) atoms. The quantitative estimate of drug-likeness (QED) is 0.690. The lowest BCUT2D eigenvalue weighted by Gasteiger charge is -2.00. The first kappa shape index (κ1) is 8.34. The molecule has 1 N–H and O–H groups in total. The molecule has 0 atom stereocenters. The van der Waals surface area contributed by atoms with Crippen molar-refractivity contribution < 1.29 is 5.11 Å². The third kappa shape index (κ3) is 1.64. The number of nitriles is 1. The van der Waals surface area contributed by atoms with Gasteiger partial charge in [0.2, 0.25) is 0 Å². The summed E-state index contributed by atoms with van der Waals surface area (Å²) in [4.78, 5) is 11.1. The molecule has 1 aromatic rings. The highest BCUT2D eigenvalue weighted by Crippen LogP contribution is 1.97. The Morgan fingerprint density at radius 1 is 1.67 bits per heavy atom. The van der Waals surface area contributed by atoms with Gasteiger partial charge in [-0.25, -0.2) is 0 Å². The van der Waals surface area contributed by atoms with Crippen LogP contribution in [0, 0.1) is 11.3 Å². The predicted octanol–water partition coefficient (Wildman–Crippen LogP) is 0.468. The fourth-order valence-corrected chi connectivity index (χ4v) is 0.871. The molecule has 0 bridgehead atoms. The molecule has 0 fully saturated rings. The maximum Gasteiger partial charge on any atom is 0.292 e. The van der Waals surface area contributed by atoms with E-state index in [0.29, 0.717) is 6.54 Å². The van der Waals surface area contributed by atoms with Gasteiger partial charge in [-0.1, -0.05) is 0 Å². The molecule has 4 heteroatoms. The van der Waals surface area contributed by atoms with Crippen LogP contribution in [0.2, 0.25) is 0 Å². The Morgan fingerprint density at radius 3 is 3.08 bits per heavy atom. The number of nitrogens with zero attached hydrogens (tertiary/aromatic N) is 2. The molecule has 1 aromatic heterocycles. The van der Waals surface area contributed by atoms with Crippen LogP contribution in [0.25, 0.3) is 0 Å². The Balaban J connectivity index is 2.95. The average Bonchev–Trinajstić information content (AvgIpc) is 2.08. The number of hydrogen-bond acceptors (Lipinski definition) is 3. The van der Waals surface area contributed by atoms with Crippen LogP contribution in [0.5, 0.6) is 5.75 Å². The third-order valence-corrected chi connectivity index (χ3v) is 1.46. The highest BCUT2D eigenvalue weighted by Gasteiger charge is 1.98. The van der Waals surface area contributed by atoms with Gasteiger partial charge in [0.15, 0.2) is 5.75 Å². The second-order valence-electron chi connectivity index (χ2n) is 2.30. The zero-order chi connectivity index (χ0) is 8.97. The van der Waals surface area contributed by atoms with Crippen molar-refractivity contribution in [2.24, 2.45) is 0 Å². The molecule has 0 saturated heterocycles. The van der Waals surface area contributed by atoms with Gasteiger partial charge in [-0.2, -0.15) is 5.26 Å². The maximum absolute atomic E-state index is 11.1. The summed E-state index contributed by atoms with van der Waals surface area (Å²) in [7, 11) is 0. The summed E-state index contributed by atoms with van der Waals surface area (Å²) in [6.07, 6.45) is 1.81. The van der Waals surface area contributed by atoms with Crippen LogP contribution >= 0.6 is 0 Å². The number of aromatic nitrogens is 1. The Labute approximate surface area is 69.3 Å². The molecule has 1 rings (SSSR count).